The number of fused-ring (bicyclic) bond motifs is 6. The normalized spacial score (nSPS) is 11.6. The van der Waals surface area contributed by atoms with Crippen molar-refractivity contribution in [1.82, 2.24) is 15.0 Å². The van der Waals surface area contributed by atoms with Gasteiger partial charge in [-0.15, -0.1) is 11.3 Å². The number of aromatic nitrogens is 3. The van der Waals surface area contributed by atoms with Crippen molar-refractivity contribution in [2.45, 2.75) is 0 Å². The minimum atomic E-state index is 0.696. The maximum Gasteiger partial charge on any atom is 0.160 e. The van der Waals surface area contributed by atoms with E-state index in [2.05, 4.69) is 140 Å². The Bertz CT molecular complexity index is 3170. The highest BCUT2D eigenvalue weighted by molar-refractivity contribution is 7.24. The van der Waals surface area contributed by atoms with Gasteiger partial charge in [-0.2, -0.15) is 0 Å². The Morgan fingerprint density at radius 3 is 1.73 bits per heavy atom. The summed E-state index contributed by atoms with van der Waals surface area (Å²) in [6.07, 6.45) is 0. The minimum Gasteiger partial charge on any atom is -0.455 e. The molecular weight excluding hydrogens is 703 g/mol. The van der Waals surface area contributed by atoms with Crippen LogP contribution in [0.4, 0.5) is 0 Å². The zero-order valence-electron chi connectivity index (χ0n) is 30.1. The van der Waals surface area contributed by atoms with Gasteiger partial charge in [0.15, 0.2) is 5.82 Å². The lowest BCUT2D eigenvalue weighted by molar-refractivity contribution is 0.670. The molecule has 7 aromatic carbocycles. The molecule has 0 radical (unpaired) electrons. The fourth-order valence-electron chi connectivity index (χ4n) is 7.86. The predicted molar refractivity (Wildman–Crippen MR) is 233 cm³/mol. The van der Waals surface area contributed by atoms with Gasteiger partial charge in [0.2, 0.25) is 0 Å². The first kappa shape index (κ1) is 32.2. The van der Waals surface area contributed by atoms with Gasteiger partial charge in [-0.05, 0) is 29.8 Å². The third-order valence-electron chi connectivity index (χ3n) is 10.5. The van der Waals surface area contributed by atoms with Crippen LogP contribution in [0.5, 0.6) is 0 Å². The summed E-state index contributed by atoms with van der Waals surface area (Å²) in [4.78, 5) is 16.7. The first-order chi connectivity index (χ1) is 27.8. The number of benzene rings is 7. The van der Waals surface area contributed by atoms with Crippen LogP contribution in [0.25, 0.3) is 110 Å². The topological polar surface area (TPSA) is 51.8 Å². The van der Waals surface area contributed by atoms with Gasteiger partial charge >= 0.3 is 0 Å². The van der Waals surface area contributed by atoms with Gasteiger partial charge in [-0.25, -0.2) is 15.0 Å². The van der Waals surface area contributed by atoms with Gasteiger partial charge in [-0.1, -0.05) is 164 Å². The number of para-hydroxylation sites is 3. The third-order valence-corrected chi connectivity index (χ3v) is 11.8. The number of furan rings is 1. The highest BCUT2D eigenvalue weighted by Crippen LogP contribution is 2.52. The molecule has 0 aliphatic carbocycles. The molecule has 11 aromatic rings. The molecule has 11 rings (SSSR count). The largest absolute Gasteiger partial charge is 0.455 e. The molecule has 0 atom stereocenters. The van der Waals surface area contributed by atoms with Crippen molar-refractivity contribution in [1.29, 1.82) is 0 Å². The zero-order chi connectivity index (χ0) is 37.0. The van der Waals surface area contributed by atoms with E-state index in [4.69, 9.17) is 19.4 Å². The summed E-state index contributed by atoms with van der Waals surface area (Å²) in [6, 6.07) is 65.3. The zero-order valence-corrected chi connectivity index (χ0v) is 30.9. The maximum atomic E-state index is 6.68. The Morgan fingerprint density at radius 1 is 0.429 bits per heavy atom. The van der Waals surface area contributed by atoms with E-state index in [0.717, 1.165) is 99.1 Å². The lowest BCUT2D eigenvalue weighted by Gasteiger charge is -2.12. The van der Waals surface area contributed by atoms with Crippen LogP contribution in [0.2, 0.25) is 0 Å². The highest BCUT2D eigenvalue weighted by Gasteiger charge is 2.25. The summed E-state index contributed by atoms with van der Waals surface area (Å²) in [5.74, 6) is 0.696. The fraction of sp³-hybridized carbons (Fsp3) is 0. The SMILES string of the molecule is c1ccc(-c2cc(-c3ccc(-c4c(-c5cccc6c5oc5ccccc56)sc5c4c(-c4ccccc4)nc4ccccc45)cc3)nc(-c3ccccc3)n2)cc1. The molecule has 4 nitrogen and oxygen atoms in total. The van der Waals surface area contributed by atoms with E-state index in [1.54, 1.807) is 0 Å². The summed E-state index contributed by atoms with van der Waals surface area (Å²) in [7, 11) is 0. The fourth-order valence-corrected chi connectivity index (χ4v) is 9.24. The molecule has 56 heavy (non-hydrogen) atoms. The molecule has 0 aliphatic heterocycles. The van der Waals surface area contributed by atoms with Crippen LogP contribution in [-0.2, 0) is 0 Å². The molecular formula is C51H31N3OS. The summed E-state index contributed by atoms with van der Waals surface area (Å²) in [5.41, 5.74) is 12.9. The second-order valence-electron chi connectivity index (χ2n) is 13.9. The third kappa shape index (κ3) is 5.40. The van der Waals surface area contributed by atoms with Crippen LogP contribution in [-0.4, -0.2) is 15.0 Å². The maximum absolute atomic E-state index is 6.68. The second kappa shape index (κ2) is 13.3. The molecule has 262 valence electrons. The Balaban J connectivity index is 1.16. The number of nitrogens with zero attached hydrogens (tertiary/aromatic N) is 3. The number of rotatable bonds is 6. The smallest absolute Gasteiger partial charge is 0.160 e. The lowest BCUT2D eigenvalue weighted by Crippen LogP contribution is -1.96. The quantitative estimate of drug-likeness (QED) is 0.171. The number of hydrogen-bond donors (Lipinski definition) is 0. The molecule has 0 fully saturated rings. The summed E-state index contributed by atoms with van der Waals surface area (Å²) >= 11 is 1.81. The molecule has 0 saturated heterocycles. The van der Waals surface area contributed by atoms with Crippen molar-refractivity contribution < 1.29 is 4.42 Å². The molecule has 0 unspecified atom stereocenters. The van der Waals surface area contributed by atoms with Crippen LogP contribution in [0.3, 0.4) is 0 Å². The first-order valence-corrected chi connectivity index (χ1v) is 19.5. The van der Waals surface area contributed by atoms with E-state index in [-0.39, 0.29) is 0 Å². The van der Waals surface area contributed by atoms with Gasteiger partial charge in [0, 0.05) is 64.5 Å². The predicted octanol–water partition coefficient (Wildman–Crippen LogP) is 14.1. The summed E-state index contributed by atoms with van der Waals surface area (Å²) in [6.45, 7) is 0. The molecule has 5 heteroatoms. The van der Waals surface area contributed by atoms with Crippen LogP contribution < -0.4 is 0 Å². The van der Waals surface area contributed by atoms with Crippen molar-refractivity contribution in [3.05, 3.63) is 188 Å². The first-order valence-electron chi connectivity index (χ1n) is 18.7. The van der Waals surface area contributed by atoms with E-state index >= 15 is 0 Å². The molecule has 4 heterocycles. The van der Waals surface area contributed by atoms with E-state index in [0.29, 0.717) is 5.82 Å². The van der Waals surface area contributed by atoms with Crippen molar-refractivity contribution in [2.75, 3.05) is 0 Å². The Kier molecular flexibility index (Phi) is 7.64. The average molecular weight is 734 g/mol. The Hall–Kier alpha value is -7.21. The van der Waals surface area contributed by atoms with Crippen LogP contribution >= 0.6 is 11.3 Å². The van der Waals surface area contributed by atoms with Crippen molar-refractivity contribution in [3.8, 4) is 66.7 Å². The van der Waals surface area contributed by atoms with Gasteiger partial charge in [0.05, 0.1) is 22.6 Å². The lowest BCUT2D eigenvalue weighted by atomic mass is 9.93. The van der Waals surface area contributed by atoms with Crippen molar-refractivity contribution in [2.24, 2.45) is 0 Å². The van der Waals surface area contributed by atoms with E-state index in [1.165, 1.54) is 4.70 Å². The number of pyridine rings is 1. The number of hydrogen-bond acceptors (Lipinski definition) is 5. The van der Waals surface area contributed by atoms with Gasteiger partial charge in [0.25, 0.3) is 0 Å². The minimum absolute atomic E-state index is 0.696. The standard InChI is InChI=1S/C51H31N3OS/c1-4-15-32(16-5-1)42-31-43(54-51(53-42)36-19-8-3-9-20-36)33-27-29-34(30-28-33)45-46-47(35-17-6-2-7-18-35)52-41-25-12-10-22-39(41)49(46)56-50(45)40-24-14-23-38-37-21-11-13-26-44(37)55-48(38)40/h1-31H. The molecule has 0 amide bonds. The van der Waals surface area contributed by atoms with Crippen LogP contribution in [0, 0.1) is 0 Å². The summed E-state index contributed by atoms with van der Waals surface area (Å²) in [5, 5.41) is 4.49. The van der Waals surface area contributed by atoms with E-state index < -0.39 is 0 Å². The van der Waals surface area contributed by atoms with Gasteiger partial charge < -0.3 is 4.42 Å². The molecule has 4 aromatic heterocycles. The van der Waals surface area contributed by atoms with E-state index in [1.807, 2.05) is 59.9 Å². The second-order valence-corrected chi connectivity index (χ2v) is 14.9. The van der Waals surface area contributed by atoms with Crippen LogP contribution in [0.15, 0.2) is 192 Å². The van der Waals surface area contributed by atoms with Crippen LogP contribution in [0.1, 0.15) is 0 Å². The van der Waals surface area contributed by atoms with Gasteiger partial charge in [0.1, 0.15) is 11.2 Å². The molecule has 0 aliphatic rings. The highest BCUT2D eigenvalue weighted by atomic mass is 32.1. The van der Waals surface area contributed by atoms with E-state index in [9.17, 15) is 0 Å². The van der Waals surface area contributed by atoms with Crippen molar-refractivity contribution in [3.63, 3.8) is 0 Å². The molecule has 0 N–H and O–H groups in total. The Labute approximate surface area is 327 Å². The van der Waals surface area contributed by atoms with Gasteiger partial charge in [-0.3, -0.25) is 0 Å². The number of thiophene rings is 1. The monoisotopic (exact) mass is 733 g/mol. The summed E-state index contributed by atoms with van der Waals surface area (Å²) < 4.78 is 7.88. The molecule has 0 bridgehead atoms. The average Bonchev–Trinajstić information content (AvgIpc) is 3.87. The molecule has 0 saturated carbocycles. The Morgan fingerprint density at radius 2 is 1.00 bits per heavy atom. The molecule has 0 spiro atoms. The van der Waals surface area contributed by atoms with Crippen molar-refractivity contribution >= 4 is 54.3 Å².